The van der Waals surface area contributed by atoms with Gasteiger partial charge in [-0.1, -0.05) is 25.1 Å². The highest BCUT2D eigenvalue weighted by Crippen LogP contribution is 2.17. The Kier molecular flexibility index (Phi) is 3.77. The third kappa shape index (κ3) is 2.74. The van der Waals surface area contributed by atoms with Crippen LogP contribution in [0.5, 0.6) is 0 Å². The summed E-state index contributed by atoms with van der Waals surface area (Å²) in [6.45, 7) is 4.96. The van der Waals surface area contributed by atoms with Crippen molar-refractivity contribution in [3.63, 3.8) is 0 Å². The van der Waals surface area contributed by atoms with E-state index in [1.807, 2.05) is 24.2 Å². The normalized spacial score (nSPS) is 10.1. The van der Waals surface area contributed by atoms with E-state index in [0.29, 0.717) is 0 Å². The Morgan fingerprint density at radius 1 is 1.31 bits per heavy atom. The van der Waals surface area contributed by atoms with Gasteiger partial charge in [0.2, 0.25) is 0 Å². The second-order valence-electron chi connectivity index (χ2n) is 3.12. The molecule has 2 nitrogen and oxygen atoms in total. The molecule has 0 atom stereocenters. The summed E-state index contributed by atoms with van der Waals surface area (Å²) in [5, 5.41) is 1.83. The minimum Gasteiger partial charge on any atom is -0.274 e. The number of anilines is 1. The van der Waals surface area contributed by atoms with Crippen LogP contribution in [0.4, 0.5) is 5.69 Å². The Bertz CT molecular complexity index is 260. The first-order chi connectivity index (χ1) is 6.25. The first kappa shape index (κ1) is 10.1. The summed E-state index contributed by atoms with van der Waals surface area (Å²) in [6.07, 6.45) is 1.04. The molecule has 0 radical (unpaired) electrons. The lowest BCUT2D eigenvalue weighted by Gasteiger charge is -2.20. The predicted molar refractivity (Wildman–Crippen MR) is 55.8 cm³/mol. The Labute approximate surface area is 80.1 Å². The number of hydrogen-bond donors (Lipinski definition) is 0. The van der Waals surface area contributed by atoms with E-state index in [-0.39, 0.29) is 0 Å². The van der Waals surface area contributed by atoms with Gasteiger partial charge < -0.3 is 0 Å². The van der Waals surface area contributed by atoms with Crippen LogP contribution in [0.1, 0.15) is 18.9 Å². The Morgan fingerprint density at radius 2 is 2.00 bits per heavy atom. The van der Waals surface area contributed by atoms with E-state index in [1.54, 1.807) is 0 Å². The van der Waals surface area contributed by atoms with Crippen LogP contribution < -0.4 is 5.06 Å². The van der Waals surface area contributed by atoms with Gasteiger partial charge in [0.1, 0.15) is 0 Å². The summed E-state index contributed by atoms with van der Waals surface area (Å²) in [6, 6.07) is 8.20. The second kappa shape index (κ2) is 4.87. The van der Waals surface area contributed by atoms with E-state index in [0.717, 1.165) is 18.7 Å². The number of aryl methyl sites for hydroxylation is 1. The molecule has 0 spiro atoms. The third-order valence-corrected chi connectivity index (χ3v) is 1.94. The Balaban J connectivity index is 2.65. The monoisotopic (exact) mass is 179 g/mol. The minimum atomic E-state index is 0.769. The van der Waals surface area contributed by atoms with Crippen molar-refractivity contribution < 1.29 is 4.84 Å². The van der Waals surface area contributed by atoms with Crippen molar-refractivity contribution in [2.45, 2.75) is 20.3 Å². The fourth-order valence-corrected chi connectivity index (χ4v) is 1.21. The largest absolute Gasteiger partial charge is 0.274 e. The smallest absolute Gasteiger partial charge is 0.0746 e. The maximum Gasteiger partial charge on any atom is 0.0746 e. The molecule has 0 saturated heterocycles. The van der Waals surface area contributed by atoms with Gasteiger partial charge >= 0.3 is 0 Å². The topological polar surface area (TPSA) is 12.5 Å². The van der Waals surface area contributed by atoms with Gasteiger partial charge in [-0.2, -0.15) is 0 Å². The summed E-state index contributed by atoms with van der Waals surface area (Å²) in [5.41, 5.74) is 2.37. The Hall–Kier alpha value is -1.02. The van der Waals surface area contributed by atoms with Crippen molar-refractivity contribution in [2.24, 2.45) is 0 Å². The molecule has 0 N–H and O–H groups in total. The van der Waals surface area contributed by atoms with Crippen LogP contribution in [-0.2, 0) is 4.84 Å². The quantitative estimate of drug-likeness (QED) is 0.659. The molecule has 0 unspecified atom stereocenters. The lowest BCUT2D eigenvalue weighted by molar-refractivity contribution is 0.122. The van der Waals surface area contributed by atoms with Crippen LogP contribution in [0.15, 0.2) is 24.3 Å². The van der Waals surface area contributed by atoms with Gasteiger partial charge in [0.25, 0.3) is 0 Å². The van der Waals surface area contributed by atoms with Gasteiger partial charge in [-0.25, -0.2) is 0 Å². The van der Waals surface area contributed by atoms with E-state index < -0.39 is 0 Å². The van der Waals surface area contributed by atoms with E-state index in [9.17, 15) is 0 Å². The van der Waals surface area contributed by atoms with Gasteiger partial charge in [-0.3, -0.25) is 9.90 Å². The maximum absolute atomic E-state index is 5.49. The van der Waals surface area contributed by atoms with Gasteiger partial charge in [-0.15, -0.1) is 0 Å². The first-order valence-electron chi connectivity index (χ1n) is 4.68. The minimum absolute atomic E-state index is 0.769. The van der Waals surface area contributed by atoms with Crippen molar-refractivity contribution in [3.8, 4) is 0 Å². The number of rotatable bonds is 4. The summed E-state index contributed by atoms with van der Waals surface area (Å²) >= 11 is 0. The zero-order valence-electron chi connectivity index (χ0n) is 8.58. The van der Waals surface area contributed by atoms with E-state index in [2.05, 4.69) is 26.0 Å². The highest BCUT2D eigenvalue weighted by Gasteiger charge is 2.02. The molecule has 2 heteroatoms. The molecule has 0 fully saturated rings. The molecular weight excluding hydrogens is 162 g/mol. The van der Waals surface area contributed by atoms with Crippen molar-refractivity contribution in [3.05, 3.63) is 29.8 Å². The molecule has 1 aromatic rings. The van der Waals surface area contributed by atoms with E-state index in [4.69, 9.17) is 4.84 Å². The first-order valence-corrected chi connectivity index (χ1v) is 4.68. The van der Waals surface area contributed by atoms with Crippen LogP contribution in [0.25, 0.3) is 0 Å². The molecule has 0 amide bonds. The third-order valence-electron chi connectivity index (χ3n) is 1.94. The predicted octanol–water partition coefficient (Wildman–Crippen LogP) is 2.77. The summed E-state index contributed by atoms with van der Waals surface area (Å²) in [5.74, 6) is 0. The molecule has 1 aromatic carbocycles. The fourth-order valence-electron chi connectivity index (χ4n) is 1.21. The summed E-state index contributed by atoms with van der Waals surface area (Å²) in [4.78, 5) is 5.49. The number of hydrogen-bond acceptors (Lipinski definition) is 2. The lowest BCUT2D eigenvalue weighted by atomic mass is 10.2. The second-order valence-corrected chi connectivity index (χ2v) is 3.12. The van der Waals surface area contributed by atoms with Gasteiger partial charge in [-0.05, 0) is 25.0 Å². The molecule has 13 heavy (non-hydrogen) atoms. The van der Waals surface area contributed by atoms with Crippen molar-refractivity contribution in [2.75, 3.05) is 18.7 Å². The number of para-hydroxylation sites is 1. The molecule has 0 heterocycles. The van der Waals surface area contributed by atoms with Crippen LogP contribution >= 0.6 is 0 Å². The van der Waals surface area contributed by atoms with Crippen LogP contribution in [0.2, 0.25) is 0 Å². The molecule has 0 saturated carbocycles. The molecular formula is C11H17NO. The maximum atomic E-state index is 5.49. The van der Waals surface area contributed by atoms with Gasteiger partial charge in [0.15, 0.2) is 0 Å². The highest BCUT2D eigenvalue weighted by molar-refractivity contribution is 5.50. The number of hydroxylamine groups is 1. The van der Waals surface area contributed by atoms with Crippen LogP contribution in [0, 0.1) is 6.92 Å². The molecule has 1 rings (SSSR count). The SMILES string of the molecule is CCCON(C)c1ccccc1C. The number of nitrogens with zero attached hydrogens (tertiary/aromatic N) is 1. The summed E-state index contributed by atoms with van der Waals surface area (Å²) < 4.78 is 0. The zero-order chi connectivity index (χ0) is 9.68. The van der Waals surface area contributed by atoms with Crippen molar-refractivity contribution in [1.82, 2.24) is 0 Å². The van der Waals surface area contributed by atoms with E-state index >= 15 is 0 Å². The number of benzene rings is 1. The van der Waals surface area contributed by atoms with Gasteiger partial charge in [0.05, 0.1) is 12.3 Å². The molecule has 72 valence electrons. The highest BCUT2D eigenvalue weighted by atomic mass is 16.7. The summed E-state index contributed by atoms with van der Waals surface area (Å²) in [7, 11) is 1.94. The lowest BCUT2D eigenvalue weighted by Crippen LogP contribution is -2.18. The molecule has 0 bridgehead atoms. The zero-order valence-corrected chi connectivity index (χ0v) is 8.58. The van der Waals surface area contributed by atoms with Gasteiger partial charge in [0, 0.05) is 7.05 Å². The van der Waals surface area contributed by atoms with Crippen molar-refractivity contribution in [1.29, 1.82) is 0 Å². The Morgan fingerprint density at radius 3 is 2.62 bits per heavy atom. The van der Waals surface area contributed by atoms with E-state index in [1.165, 1.54) is 5.56 Å². The van der Waals surface area contributed by atoms with Crippen LogP contribution in [0.3, 0.4) is 0 Å². The molecule has 0 aliphatic carbocycles. The average Bonchev–Trinajstić information content (AvgIpc) is 2.15. The molecule has 0 aliphatic rings. The molecule has 0 aliphatic heterocycles. The standard InChI is InChI=1S/C11H17NO/c1-4-9-13-12(3)11-8-6-5-7-10(11)2/h5-8H,4,9H2,1-3H3. The average molecular weight is 179 g/mol. The molecule has 0 aromatic heterocycles. The van der Waals surface area contributed by atoms with Crippen molar-refractivity contribution >= 4 is 5.69 Å². The fraction of sp³-hybridized carbons (Fsp3) is 0.455. The van der Waals surface area contributed by atoms with Crippen LogP contribution in [-0.4, -0.2) is 13.7 Å².